The summed E-state index contributed by atoms with van der Waals surface area (Å²) >= 11 is 0. The molecule has 0 aliphatic heterocycles. The van der Waals surface area contributed by atoms with E-state index in [0.29, 0.717) is 39.3 Å². The first kappa shape index (κ1) is 32.1. The first-order valence-electron chi connectivity index (χ1n) is 11.3. The highest BCUT2D eigenvalue weighted by Gasteiger charge is 2.04. The van der Waals surface area contributed by atoms with Gasteiger partial charge in [0, 0.05) is 46.4 Å². The normalized spacial score (nSPS) is 11.5. The van der Waals surface area contributed by atoms with E-state index in [4.69, 9.17) is 18.9 Å². The van der Waals surface area contributed by atoms with Gasteiger partial charge in [0.25, 0.3) is 0 Å². The lowest BCUT2D eigenvalue weighted by Crippen LogP contribution is -2.27. The molecule has 0 saturated carbocycles. The molecule has 0 aromatic heterocycles. The summed E-state index contributed by atoms with van der Waals surface area (Å²) in [5.41, 5.74) is 0. The van der Waals surface area contributed by atoms with Gasteiger partial charge >= 0.3 is 0 Å². The van der Waals surface area contributed by atoms with Gasteiger partial charge in [0.2, 0.25) is 5.91 Å². The molecular formula is C22H45FN2O6. The zero-order valence-corrected chi connectivity index (χ0v) is 19.8. The summed E-state index contributed by atoms with van der Waals surface area (Å²) in [6, 6.07) is 0. The zero-order valence-electron chi connectivity index (χ0n) is 19.8. The molecule has 186 valence electrons. The molecule has 0 aromatic rings. The Bertz CT molecular complexity index is 378. The van der Waals surface area contributed by atoms with Gasteiger partial charge in [0.1, 0.15) is 19.1 Å². The van der Waals surface area contributed by atoms with E-state index in [9.17, 15) is 14.0 Å². The van der Waals surface area contributed by atoms with Crippen LogP contribution in [0.1, 0.15) is 51.9 Å². The second kappa shape index (κ2) is 28.9. The molecule has 8 nitrogen and oxygen atoms in total. The van der Waals surface area contributed by atoms with E-state index in [-0.39, 0.29) is 19.1 Å². The number of hydrogen-bond donors (Lipinski definition) is 2. The van der Waals surface area contributed by atoms with Crippen LogP contribution in [0.15, 0.2) is 0 Å². The second-order valence-electron chi connectivity index (χ2n) is 6.93. The molecular weight excluding hydrogens is 407 g/mol. The molecule has 1 atom stereocenters. The van der Waals surface area contributed by atoms with Crippen LogP contribution < -0.4 is 10.6 Å². The van der Waals surface area contributed by atoms with Crippen LogP contribution in [-0.2, 0) is 28.5 Å². The molecule has 2 N–H and O–H groups in total. The number of rotatable bonds is 22. The Balaban J connectivity index is 0. The number of unbranched alkanes of at least 4 members (excludes halogenated alkanes) is 4. The molecule has 0 spiro atoms. The lowest BCUT2D eigenvalue weighted by Gasteiger charge is -2.08. The van der Waals surface area contributed by atoms with E-state index in [2.05, 4.69) is 10.6 Å². The molecule has 0 aliphatic carbocycles. The number of methoxy groups -OCH3 is 1. The average molecular weight is 453 g/mol. The third-order valence-corrected chi connectivity index (χ3v) is 3.90. The highest BCUT2D eigenvalue weighted by atomic mass is 19.1. The second-order valence-corrected chi connectivity index (χ2v) is 6.93. The minimum atomic E-state index is -0.930. The Morgan fingerprint density at radius 1 is 0.935 bits per heavy atom. The summed E-state index contributed by atoms with van der Waals surface area (Å²) in [6.07, 6.45) is 6.46. The summed E-state index contributed by atoms with van der Waals surface area (Å²) in [5.74, 6) is -0.0728. The van der Waals surface area contributed by atoms with Crippen LogP contribution in [0.25, 0.3) is 0 Å². The van der Waals surface area contributed by atoms with Crippen LogP contribution in [-0.4, -0.2) is 91.9 Å². The van der Waals surface area contributed by atoms with Crippen LogP contribution >= 0.6 is 0 Å². The minimum absolute atomic E-state index is 0.0728. The number of hydrogen-bond acceptors (Lipinski definition) is 7. The summed E-state index contributed by atoms with van der Waals surface area (Å²) in [7, 11) is 3.24. The molecule has 0 radical (unpaired) electrons. The van der Waals surface area contributed by atoms with Crippen molar-refractivity contribution in [2.45, 2.75) is 58.0 Å². The molecule has 0 heterocycles. The smallest absolute Gasteiger partial charge is 0.245 e. The van der Waals surface area contributed by atoms with Gasteiger partial charge in [-0.05, 0) is 45.6 Å². The summed E-state index contributed by atoms with van der Waals surface area (Å²) in [6.45, 7) is 6.37. The van der Waals surface area contributed by atoms with Gasteiger partial charge in [0.05, 0.1) is 19.8 Å². The van der Waals surface area contributed by atoms with E-state index < -0.39 is 6.17 Å². The number of carbonyl (C=O) groups excluding carboxylic acids is 2. The molecule has 0 aliphatic rings. The third-order valence-electron chi connectivity index (χ3n) is 3.90. The summed E-state index contributed by atoms with van der Waals surface area (Å²) in [5, 5.41) is 5.57. The van der Waals surface area contributed by atoms with Crippen LogP contribution in [0.5, 0.6) is 0 Å². The maximum absolute atomic E-state index is 13.1. The molecule has 1 amide bonds. The summed E-state index contributed by atoms with van der Waals surface area (Å²) in [4.78, 5) is 20.3. The van der Waals surface area contributed by atoms with Gasteiger partial charge in [-0.1, -0.05) is 6.92 Å². The number of nitrogens with one attached hydrogen (secondary N) is 2. The van der Waals surface area contributed by atoms with Crippen LogP contribution in [0, 0.1) is 0 Å². The number of aldehydes is 1. The minimum Gasteiger partial charge on any atom is -0.379 e. The van der Waals surface area contributed by atoms with Crippen LogP contribution in [0.3, 0.4) is 0 Å². The average Bonchev–Trinajstić information content (AvgIpc) is 2.76. The number of halogens is 1. The molecule has 1 unspecified atom stereocenters. The first-order valence-corrected chi connectivity index (χ1v) is 11.3. The van der Waals surface area contributed by atoms with Crippen LogP contribution in [0.2, 0.25) is 0 Å². The Hall–Kier alpha value is -1.13. The monoisotopic (exact) mass is 452 g/mol. The van der Waals surface area contributed by atoms with Gasteiger partial charge in [-0.2, -0.15) is 0 Å². The zero-order chi connectivity index (χ0) is 23.4. The molecule has 0 bridgehead atoms. The predicted molar refractivity (Wildman–Crippen MR) is 120 cm³/mol. The van der Waals surface area contributed by atoms with Crippen molar-refractivity contribution in [2.75, 3.05) is 73.5 Å². The molecule has 0 aromatic carbocycles. The van der Waals surface area contributed by atoms with Gasteiger partial charge in [0.15, 0.2) is 0 Å². The molecule has 31 heavy (non-hydrogen) atoms. The fraction of sp³-hybridized carbons (Fsp3) is 0.909. The molecule has 0 saturated heterocycles. The van der Waals surface area contributed by atoms with Crippen molar-refractivity contribution in [3.63, 3.8) is 0 Å². The van der Waals surface area contributed by atoms with Gasteiger partial charge in [-0.15, -0.1) is 0 Å². The highest BCUT2D eigenvalue weighted by Crippen LogP contribution is 1.99. The van der Waals surface area contributed by atoms with E-state index >= 15 is 0 Å². The van der Waals surface area contributed by atoms with Crippen molar-refractivity contribution in [3.8, 4) is 0 Å². The van der Waals surface area contributed by atoms with Crippen LogP contribution in [0.4, 0.5) is 4.39 Å². The van der Waals surface area contributed by atoms with Crippen molar-refractivity contribution in [2.24, 2.45) is 0 Å². The Morgan fingerprint density at radius 3 is 2.00 bits per heavy atom. The van der Waals surface area contributed by atoms with Gasteiger partial charge in [-0.3, -0.25) is 4.79 Å². The van der Waals surface area contributed by atoms with Crippen molar-refractivity contribution in [1.82, 2.24) is 10.6 Å². The van der Waals surface area contributed by atoms with E-state index in [1.807, 2.05) is 6.92 Å². The van der Waals surface area contributed by atoms with Crippen molar-refractivity contribution in [1.29, 1.82) is 0 Å². The molecule has 0 fully saturated rings. The van der Waals surface area contributed by atoms with Gasteiger partial charge in [-0.25, -0.2) is 4.39 Å². The standard InChI is InChI=1S/C19H39FN2O5.C3H6O/c1-21-15-18(20)16-27-12-8-4-7-11-26-14-13-25-10-6-3-5-9-22-19(23)17-24-2;1-2-3-4/h18,21H,3-17H2,1-2H3,(H,22,23);3H,2H2,1H3. The largest absolute Gasteiger partial charge is 0.379 e. The number of ether oxygens (including phenoxy) is 4. The number of carbonyl (C=O) groups is 2. The number of amides is 1. The first-order chi connectivity index (χ1) is 15.1. The maximum atomic E-state index is 13.1. The Morgan fingerprint density at radius 2 is 1.48 bits per heavy atom. The van der Waals surface area contributed by atoms with Crippen molar-refractivity contribution in [3.05, 3.63) is 0 Å². The fourth-order valence-electron chi connectivity index (χ4n) is 2.31. The van der Waals surface area contributed by atoms with E-state index in [0.717, 1.165) is 58.0 Å². The summed E-state index contributed by atoms with van der Waals surface area (Å²) < 4.78 is 34.1. The molecule has 0 rings (SSSR count). The van der Waals surface area contributed by atoms with Gasteiger partial charge < -0.3 is 34.4 Å². The molecule has 9 heteroatoms. The Kier molecular flexibility index (Phi) is 29.8. The Labute approximate surface area is 187 Å². The van der Waals surface area contributed by atoms with Crippen molar-refractivity contribution >= 4 is 12.2 Å². The van der Waals surface area contributed by atoms with E-state index in [1.165, 1.54) is 7.11 Å². The SMILES string of the molecule is CCC=O.CNCC(F)COCCCCCOCCOCCCCCNC(=O)COC. The lowest BCUT2D eigenvalue weighted by atomic mass is 10.2. The fourth-order valence-corrected chi connectivity index (χ4v) is 2.31. The number of alkyl halides is 1. The quantitative estimate of drug-likeness (QED) is 0.192. The topological polar surface area (TPSA) is 95.1 Å². The third kappa shape index (κ3) is 31.1. The maximum Gasteiger partial charge on any atom is 0.245 e. The predicted octanol–water partition coefficient (Wildman–Crippen LogP) is 2.29. The highest BCUT2D eigenvalue weighted by molar-refractivity contribution is 5.77. The van der Waals surface area contributed by atoms with E-state index in [1.54, 1.807) is 7.05 Å². The lowest BCUT2D eigenvalue weighted by molar-refractivity contribution is -0.124. The van der Waals surface area contributed by atoms with Crippen molar-refractivity contribution < 1.29 is 32.9 Å².